The van der Waals surface area contributed by atoms with Gasteiger partial charge in [-0.2, -0.15) is 5.21 Å². The van der Waals surface area contributed by atoms with Gasteiger partial charge in [-0.25, -0.2) is 0 Å². The van der Waals surface area contributed by atoms with Gasteiger partial charge in [-0.3, -0.25) is 10.1 Å². The predicted molar refractivity (Wildman–Crippen MR) is 158 cm³/mol. The van der Waals surface area contributed by atoms with Crippen molar-refractivity contribution in [2.24, 2.45) is 5.92 Å². The summed E-state index contributed by atoms with van der Waals surface area (Å²) in [5, 5.41) is 30.8. The van der Waals surface area contributed by atoms with E-state index in [-0.39, 0.29) is 11.8 Å². The molecule has 4 N–H and O–H groups in total. The second-order valence-electron chi connectivity index (χ2n) is 9.82. The highest BCUT2D eigenvalue weighted by Crippen LogP contribution is 2.25. The molecule has 2 unspecified atom stereocenters. The maximum atomic E-state index is 13.1. The van der Waals surface area contributed by atoms with E-state index in [4.69, 9.17) is 0 Å². The average Bonchev–Trinajstić information content (AvgIpc) is 3.54. The summed E-state index contributed by atoms with van der Waals surface area (Å²) in [5.41, 5.74) is 5.65. The van der Waals surface area contributed by atoms with Crippen molar-refractivity contribution in [2.45, 2.75) is 39.8 Å². The SMILES string of the molecule is CCC(Cc1cccc(-c2ccc(C(O)NCCN(CC)CC)cc2)c1)C(=O)Nc1ccc(-c2nn[nH]n2)cc1. The van der Waals surface area contributed by atoms with Crippen LogP contribution in [0.3, 0.4) is 0 Å². The maximum absolute atomic E-state index is 13.1. The number of hydrogen-bond donors (Lipinski definition) is 4. The number of anilines is 1. The van der Waals surface area contributed by atoms with E-state index in [9.17, 15) is 9.90 Å². The van der Waals surface area contributed by atoms with Crippen LogP contribution in [-0.2, 0) is 11.2 Å². The van der Waals surface area contributed by atoms with Crippen molar-refractivity contribution in [1.82, 2.24) is 30.8 Å². The summed E-state index contributed by atoms with van der Waals surface area (Å²) in [6, 6.07) is 23.7. The number of nitrogens with one attached hydrogen (secondary N) is 3. The molecule has 0 fully saturated rings. The molecule has 0 saturated heterocycles. The second-order valence-corrected chi connectivity index (χ2v) is 9.82. The Hall–Kier alpha value is -3.92. The van der Waals surface area contributed by atoms with Gasteiger partial charge in [0.25, 0.3) is 0 Å². The van der Waals surface area contributed by atoms with Crippen molar-refractivity contribution < 1.29 is 9.90 Å². The van der Waals surface area contributed by atoms with Crippen LogP contribution in [0.15, 0.2) is 72.8 Å². The van der Waals surface area contributed by atoms with Crippen molar-refractivity contribution >= 4 is 11.6 Å². The third-order valence-corrected chi connectivity index (χ3v) is 7.25. The molecular weight excluding hydrogens is 502 g/mol. The van der Waals surface area contributed by atoms with E-state index in [1.165, 1.54) is 0 Å². The Morgan fingerprint density at radius 1 is 0.950 bits per heavy atom. The number of aliphatic hydroxyl groups excluding tert-OH is 1. The van der Waals surface area contributed by atoms with Crippen LogP contribution in [0.1, 0.15) is 44.5 Å². The summed E-state index contributed by atoms with van der Waals surface area (Å²) in [4.78, 5) is 15.4. The minimum atomic E-state index is -0.699. The number of tetrazole rings is 1. The van der Waals surface area contributed by atoms with Gasteiger partial charge in [0.05, 0.1) is 0 Å². The summed E-state index contributed by atoms with van der Waals surface area (Å²) >= 11 is 0. The molecule has 9 heteroatoms. The topological polar surface area (TPSA) is 119 Å². The van der Waals surface area contributed by atoms with Gasteiger partial charge in [-0.05, 0) is 77.7 Å². The van der Waals surface area contributed by atoms with E-state index in [1.807, 2.05) is 61.5 Å². The molecule has 0 radical (unpaired) electrons. The third kappa shape index (κ3) is 7.81. The van der Waals surface area contributed by atoms with Crippen LogP contribution < -0.4 is 10.6 Å². The van der Waals surface area contributed by atoms with Crippen molar-refractivity contribution in [3.8, 4) is 22.5 Å². The minimum Gasteiger partial charge on any atom is -0.374 e. The van der Waals surface area contributed by atoms with Gasteiger partial charge < -0.3 is 15.3 Å². The number of amides is 1. The second kappa shape index (κ2) is 14.5. The van der Waals surface area contributed by atoms with Gasteiger partial charge in [0.15, 0.2) is 0 Å². The van der Waals surface area contributed by atoms with E-state index < -0.39 is 6.23 Å². The highest BCUT2D eigenvalue weighted by atomic mass is 16.3. The van der Waals surface area contributed by atoms with Crippen LogP contribution in [-0.4, -0.2) is 62.7 Å². The lowest BCUT2D eigenvalue weighted by Gasteiger charge is -2.20. The first kappa shape index (κ1) is 29.1. The third-order valence-electron chi connectivity index (χ3n) is 7.25. The Labute approximate surface area is 236 Å². The van der Waals surface area contributed by atoms with Crippen molar-refractivity contribution in [3.63, 3.8) is 0 Å². The average molecular weight is 542 g/mol. The zero-order valence-electron chi connectivity index (χ0n) is 23.5. The summed E-state index contributed by atoms with van der Waals surface area (Å²) in [7, 11) is 0. The van der Waals surface area contributed by atoms with Crippen LogP contribution in [0.5, 0.6) is 0 Å². The Morgan fingerprint density at radius 2 is 1.68 bits per heavy atom. The Bertz CT molecular complexity index is 1320. The molecule has 3 aromatic carbocycles. The van der Waals surface area contributed by atoms with Gasteiger partial charge in [-0.1, -0.05) is 69.3 Å². The molecule has 0 saturated carbocycles. The lowest BCUT2D eigenvalue weighted by atomic mass is 9.93. The molecule has 9 nitrogen and oxygen atoms in total. The maximum Gasteiger partial charge on any atom is 0.227 e. The van der Waals surface area contributed by atoms with Crippen molar-refractivity contribution in [3.05, 3.63) is 83.9 Å². The monoisotopic (exact) mass is 541 g/mol. The van der Waals surface area contributed by atoms with E-state index >= 15 is 0 Å². The quantitative estimate of drug-likeness (QED) is 0.171. The number of H-pyrrole nitrogens is 1. The molecule has 0 aliphatic carbocycles. The van der Waals surface area contributed by atoms with Gasteiger partial charge in [0.1, 0.15) is 6.23 Å². The number of likely N-dealkylation sites (N-methyl/N-ethyl adjacent to an activating group) is 1. The van der Waals surface area contributed by atoms with Gasteiger partial charge in [-0.15, -0.1) is 10.2 Å². The standard InChI is InChI=1S/C31H39N7O2/c1-4-23(31(40)33-28-16-14-25(15-17-28)29-34-36-37-35-29)20-22-8-7-9-27(21-22)24-10-12-26(13-11-24)30(39)32-18-19-38(5-2)6-3/h7-17,21,23,30,32,39H,4-6,18-20H2,1-3H3,(H,33,40)(H,34,35,36,37). The van der Waals surface area contributed by atoms with E-state index in [0.717, 1.165) is 66.1 Å². The highest BCUT2D eigenvalue weighted by Gasteiger charge is 2.18. The number of benzene rings is 3. The van der Waals surface area contributed by atoms with Crippen molar-refractivity contribution in [1.29, 1.82) is 0 Å². The smallest absolute Gasteiger partial charge is 0.227 e. The van der Waals surface area contributed by atoms with Gasteiger partial charge in [0.2, 0.25) is 11.7 Å². The lowest BCUT2D eigenvalue weighted by Crippen LogP contribution is -2.33. The fourth-order valence-electron chi connectivity index (χ4n) is 4.69. The van der Waals surface area contributed by atoms with Crippen LogP contribution >= 0.6 is 0 Å². The Kier molecular flexibility index (Phi) is 10.5. The summed E-state index contributed by atoms with van der Waals surface area (Å²) in [6.45, 7) is 9.96. The van der Waals surface area contributed by atoms with Crippen molar-refractivity contribution in [2.75, 3.05) is 31.5 Å². The number of aromatic amines is 1. The first-order valence-electron chi connectivity index (χ1n) is 14.0. The zero-order chi connectivity index (χ0) is 28.3. The number of aliphatic hydroxyl groups is 1. The first-order valence-corrected chi connectivity index (χ1v) is 14.0. The zero-order valence-corrected chi connectivity index (χ0v) is 23.5. The molecule has 4 aromatic rings. The fourth-order valence-corrected chi connectivity index (χ4v) is 4.69. The fraction of sp³-hybridized carbons (Fsp3) is 0.355. The highest BCUT2D eigenvalue weighted by molar-refractivity contribution is 5.93. The van der Waals surface area contributed by atoms with Crippen LogP contribution in [0.2, 0.25) is 0 Å². The minimum absolute atomic E-state index is 0.00736. The largest absolute Gasteiger partial charge is 0.374 e. The number of rotatable bonds is 14. The summed E-state index contributed by atoms with van der Waals surface area (Å²) in [6.07, 6.45) is 0.671. The number of carbonyl (C=O) groups excluding carboxylic acids is 1. The van der Waals surface area contributed by atoms with E-state index in [1.54, 1.807) is 0 Å². The van der Waals surface area contributed by atoms with Crippen LogP contribution in [0, 0.1) is 5.92 Å². The van der Waals surface area contributed by atoms with E-state index in [0.29, 0.717) is 12.2 Å². The molecular formula is C31H39N7O2. The molecule has 1 aromatic heterocycles. The summed E-state index contributed by atoms with van der Waals surface area (Å²) in [5.74, 6) is 0.344. The molecule has 1 heterocycles. The number of nitrogens with zero attached hydrogens (tertiary/aromatic N) is 4. The molecule has 40 heavy (non-hydrogen) atoms. The first-order chi connectivity index (χ1) is 19.5. The lowest BCUT2D eigenvalue weighted by molar-refractivity contribution is -0.119. The molecule has 4 rings (SSSR count). The molecule has 0 bridgehead atoms. The number of carbonyl (C=O) groups is 1. The van der Waals surface area contributed by atoms with Crippen LogP contribution in [0.4, 0.5) is 5.69 Å². The molecule has 0 spiro atoms. The molecule has 0 aliphatic rings. The normalized spacial score (nSPS) is 12.8. The molecule has 2 atom stereocenters. The van der Waals surface area contributed by atoms with Crippen LogP contribution in [0.25, 0.3) is 22.5 Å². The van der Waals surface area contributed by atoms with Gasteiger partial charge in [0, 0.05) is 30.3 Å². The Balaban J connectivity index is 1.34. The van der Waals surface area contributed by atoms with E-state index in [2.05, 4.69) is 68.2 Å². The number of hydrogen-bond acceptors (Lipinski definition) is 7. The predicted octanol–water partition coefficient (Wildman–Crippen LogP) is 4.66. The molecule has 0 aliphatic heterocycles. The summed E-state index contributed by atoms with van der Waals surface area (Å²) < 4.78 is 0. The Morgan fingerprint density at radius 3 is 2.33 bits per heavy atom. The molecule has 210 valence electrons. The van der Waals surface area contributed by atoms with Gasteiger partial charge >= 0.3 is 0 Å². The molecule has 1 amide bonds. The number of aromatic nitrogens is 4.